The van der Waals surface area contributed by atoms with E-state index in [1.54, 1.807) is 13.0 Å². The van der Waals surface area contributed by atoms with Crippen molar-refractivity contribution in [3.63, 3.8) is 0 Å². The molecule has 15 heavy (non-hydrogen) atoms. The highest BCUT2D eigenvalue weighted by atomic mass is 32.3. The lowest BCUT2D eigenvalue weighted by molar-refractivity contribution is 0.229. The van der Waals surface area contributed by atoms with Crippen molar-refractivity contribution in [1.82, 2.24) is 0 Å². The van der Waals surface area contributed by atoms with Gasteiger partial charge in [0.2, 0.25) is 0 Å². The van der Waals surface area contributed by atoms with Crippen molar-refractivity contribution >= 4 is 10.4 Å². The normalized spacial score (nSPS) is 25.9. The Bertz CT molecular complexity index is 376. The van der Waals surface area contributed by atoms with E-state index in [4.69, 9.17) is 28.4 Å². The molecule has 5 N–H and O–H groups in total. The number of nitrogens with two attached hydrogens (primary N) is 1. The number of hydrogen-bond donors (Lipinski definition) is 4. The van der Waals surface area contributed by atoms with E-state index in [1.807, 2.05) is 0 Å². The van der Waals surface area contributed by atoms with Gasteiger partial charge in [0, 0.05) is 12.5 Å². The fourth-order valence-electron chi connectivity index (χ4n) is 0.814. The Hall–Kier alpha value is -0.960. The van der Waals surface area contributed by atoms with Gasteiger partial charge in [-0.25, -0.2) is 4.39 Å². The molecule has 1 atom stereocenters. The van der Waals surface area contributed by atoms with Crippen LogP contribution in [-0.2, 0) is 10.4 Å². The van der Waals surface area contributed by atoms with Gasteiger partial charge in [0.25, 0.3) is 0 Å². The van der Waals surface area contributed by atoms with Gasteiger partial charge < -0.3 is 5.11 Å². The van der Waals surface area contributed by atoms with Crippen molar-refractivity contribution in [1.29, 1.82) is 0 Å². The molecule has 1 unspecified atom stereocenters. The summed E-state index contributed by atoms with van der Waals surface area (Å²) in [7, 11) is -4.67. The molecule has 0 aromatic rings. The Balaban J connectivity index is 0.000000336. The van der Waals surface area contributed by atoms with E-state index < -0.39 is 16.2 Å². The van der Waals surface area contributed by atoms with Gasteiger partial charge in [-0.05, 0) is 12.5 Å². The molecule has 0 saturated carbocycles. The van der Waals surface area contributed by atoms with Crippen LogP contribution in [0.4, 0.5) is 4.39 Å². The minimum Gasteiger partial charge on any atom is -0.508 e. The minimum absolute atomic E-state index is 0.0590. The molecular formula is C7H12FNO5S. The van der Waals surface area contributed by atoms with Crippen LogP contribution >= 0.6 is 0 Å². The van der Waals surface area contributed by atoms with Gasteiger partial charge in [-0.1, -0.05) is 6.08 Å². The van der Waals surface area contributed by atoms with Crippen molar-refractivity contribution < 1.29 is 27.0 Å². The molecule has 0 spiro atoms. The smallest absolute Gasteiger partial charge is 0.394 e. The summed E-state index contributed by atoms with van der Waals surface area (Å²) in [5, 5.41) is 8.99. The summed E-state index contributed by atoms with van der Waals surface area (Å²) >= 11 is 0. The van der Waals surface area contributed by atoms with Crippen molar-refractivity contribution in [2.45, 2.75) is 19.1 Å². The molecule has 0 saturated heterocycles. The molecule has 1 rings (SSSR count). The van der Waals surface area contributed by atoms with Gasteiger partial charge in [-0.2, -0.15) is 8.42 Å². The lowest BCUT2D eigenvalue weighted by Crippen LogP contribution is -2.33. The summed E-state index contributed by atoms with van der Waals surface area (Å²) in [5.41, 5.74) is 5.76. The Kier molecular flexibility index (Phi) is 4.41. The minimum atomic E-state index is -4.67. The second-order valence-electron chi connectivity index (χ2n) is 3.00. The molecule has 1 aliphatic rings. The first kappa shape index (κ1) is 14.0. The first-order valence-electron chi connectivity index (χ1n) is 3.78. The molecule has 88 valence electrons. The molecule has 0 fully saturated rings. The quantitative estimate of drug-likeness (QED) is 0.367. The second kappa shape index (κ2) is 4.71. The Morgan fingerprint density at radius 3 is 2.20 bits per heavy atom. The molecule has 8 heteroatoms. The standard InChI is InChI=1S/C7H10FNO.H2O4S/c1-5-2-3-7(8,9)4-6(5)10;1-5(2,3)4/h2,4,10H,3,9H2,1H3;(H2,1,2,3,4). The predicted molar refractivity (Wildman–Crippen MR) is 51.3 cm³/mol. The molecule has 0 heterocycles. The molecule has 0 aliphatic heterocycles. The summed E-state index contributed by atoms with van der Waals surface area (Å²) in [6.45, 7) is 1.71. The van der Waals surface area contributed by atoms with Crippen LogP contribution < -0.4 is 5.73 Å². The summed E-state index contributed by atoms with van der Waals surface area (Å²) in [6.07, 6.45) is 2.75. The maximum atomic E-state index is 12.8. The van der Waals surface area contributed by atoms with Gasteiger partial charge >= 0.3 is 10.4 Å². The van der Waals surface area contributed by atoms with Crippen LogP contribution in [0.1, 0.15) is 13.3 Å². The highest BCUT2D eigenvalue weighted by Crippen LogP contribution is 2.23. The summed E-state index contributed by atoms with van der Waals surface area (Å²) < 4.78 is 44.4. The Morgan fingerprint density at radius 2 is 1.93 bits per heavy atom. The lowest BCUT2D eigenvalue weighted by atomic mass is 10.0. The predicted octanol–water partition coefficient (Wildman–Crippen LogP) is 0.750. The Labute approximate surface area is 86.5 Å². The van der Waals surface area contributed by atoms with Gasteiger partial charge in [0.1, 0.15) is 5.76 Å². The van der Waals surface area contributed by atoms with Gasteiger partial charge in [-0.15, -0.1) is 0 Å². The zero-order chi connectivity index (χ0) is 12.3. The zero-order valence-electron chi connectivity index (χ0n) is 7.88. The van der Waals surface area contributed by atoms with Gasteiger partial charge in [0.15, 0.2) is 5.79 Å². The second-order valence-corrected chi connectivity index (χ2v) is 3.89. The number of alkyl halides is 1. The van der Waals surface area contributed by atoms with Crippen LogP contribution in [0.3, 0.4) is 0 Å². The van der Waals surface area contributed by atoms with Crippen molar-refractivity contribution in [3.8, 4) is 0 Å². The zero-order valence-corrected chi connectivity index (χ0v) is 8.70. The van der Waals surface area contributed by atoms with E-state index in [9.17, 15) is 4.39 Å². The van der Waals surface area contributed by atoms with Crippen molar-refractivity contribution in [2.75, 3.05) is 0 Å². The van der Waals surface area contributed by atoms with Gasteiger partial charge in [0.05, 0.1) is 0 Å². The largest absolute Gasteiger partial charge is 0.508 e. The molecule has 0 amide bonds. The number of aliphatic hydroxyl groups excluding tert-OH is 1. The maximum Gasteiger partial charge on any atom is 0.394 e. The van der Waals surface area contributed by atoms with Crippen LogP contribution in [-0.4, -0.2) is 28.4 Å². The monoisotopic (exact) mass is 241 g/mol. The third-order valence-corrected chi connectivity index (χ3v) is 1.50. The molecule has 0 aromatic heterocycles. The van der Waals surface area contributed by atoms with Crippen molar-refractivity contribution in [3.05, 3.63) is 23.5 Å². The maximum absolute atomic E-state index is 12.8. The molecule has 1 aliphatic carbocycles. The van der Waals surface area contributed by atoms with Crippen molar-refractivity contribution in [2.24, 2.45) is 5.73 Å². The lowest BCUT2D eigenvalue weighted by Gasteiger charge is -2.18. The summed E-state index contributed by atoms with van der Waals surface area (Å²) in [4.78, 5) is 0. The first-order chi connectivity index (χ1) is 6.51. The first-order valence-corrected chi connectivity index (χ1v) is 5.17. The van der Waals surface area contributed by atoms with Crippen LogP contribution in [0, 0.1) is 0 Å². The molecular weight excluding hydrogens is 229 g/mol. The van der Waals surface area contributed by atoms with E-state index in [0.29, 0.717) is 5.57 Å². The van der Waals surface area contributed by atoms with E-state index in [1.165, 1.54) is 0 Å². The SMILES string of the molecule is CC1=CCC(N)(F)C=C1O.O=S(=O)(O)O. The molecule has 6 nitrogen and oxygen atoms in total. The number of aliphatic hydroxyl groups is 1. The van der Waals surface area contributed by atoms with E-state index in [2.05, 4.69) is 0 Å². The third kappa shape index (κ3) is 8.06. The van der Waals surface area contributed by atoms with E-state index >= 15 is 0 Å². The van der Waals surface area contributed by atoms with Crippen LogP contribution in [0.25, 0.3) is 0 Å². The average molecular weight is 241 g/mol. The molecule has 0 bridgehead atoms. The highest BCUT2D eigenvalue weighted by molar-refractivity contribution is 7.79. The number of allylic oxidation sites excluding steroid dienone is 1. The average Bonchev–Trinajstić information content (AvgIpc) is 1.93. The fraction of sp³-hybridized carbons (Fsp3) is 0.429. The van der Waals surface area contributed by atoms with Gasteiger partial charge in [-0.3, -0.25) is 14.8 Å². The Morgan fingerprint density at radius 1 is 1.53 bits per heavy atom. The molecule has 0 aromatic carbocycles. The third-order valence-electron chi connectivity index (χ3n) is 1.50. The van der Waals surface area contributed by atoms with E-state index in [-0.39, 0.29) is 12.2 Å². The van der Waals surface area contributed by atoms with Crippen LogP contribution in [0.15, 0.2) is 23.5 Å². The topological polar surface area (TPSA) is 121 Å². The number of halogens is 1. The summed E-state index contributed by atoms with van der Waals surface area (Å²) in [5.74, 6) is -1.92. The number of hydrogen-bond acceptors (Lipinski definition) is 4. The summed E-state index contributed by atoms with van der Waals surface area (Å²) in [6, 6.07) is 0. The molecule has 0 radical (unpaired) electrons. The number of rotatable bonds is 0. The highest BCUT2D eigenvalue weighted by Gasteiger charge is 2.24. The van der Waals surface area contributed by atoms with E-state index in [0.717, 1.165) is 6.08 Å². The fourth-order valence-corrected chi connectivity index (χ4v) is 0.814. The van der Waals surface area contributed by atoms with Crippen LogP contribution in [0.5, 0.6) is 0 Å². The van der Waals surface area contributed by atoms with Crippen LogP contribution in [0.2, 0.25) is 0 Å².